The van der Waals surface area contributed by atoms with Crippen LogP contribution in [0.5, 0.6) is 5.75 Å². The molecular formula is C24H29F3N2O4. The van der Waals surface area contributed by atoms with E-state index in [1.54, 1.807) is 52.0 Å². The quantitative estimate of drug-likeness (QED) is 0.560. The highest BCUT2D eigenvalue weighted by molar-refractivity contribution is 5.85. The zero-order valence-corrected chi connectivity index (χ0v) is 19.1. The van der Waals surface area contributed by atoms with Gasteiger partial charge in [-0.3, -0.25) is 4.79 Å². The Bertz CT molecular complexity index is 938. The third-order valence-electron chi connectivity index (χ3n) is 4.52. The van der Waals surface area contributed by atoms with Crippen LogP contribution < -0.4 is 15.4 Å². The highest BCUT2D eigenvalue weighted by Crippen LogP contribution is 2.32. The molecule has 2 aromatic rings. The molecule has 180 valence electrons. The molecule has 0 aliphatic carbocycles. The summed E-state index contributed by atoms with van der Waals surface area (Å²) in [6, 6.07) is 11.2. The molecular weight excluding hydrogens is 437 g/mol. The molecule has 0 radical (unpaired) electrons. The van der Waals surface area contributed by atoms with Crippen molar-refractivity contribution in [2.24, 2.45) is 0 Å². The van der Waals surface area contributed by atoms with Crippen LogP contribution in [0.1, 0.15) is 50.8 Å². The number of alkyl halides is 3. The molecule has 0 aliphatic rings. The maximum Gasteiger partial charge on any atom is 0.416 e. The third kappa shape index (κ3) is 8.67. The second-order valence-electron chi connectivity index (χ2n) is 8.41. The molecule has 33 heavy (non-hydrogen) atoms. The molecule has 0 spiro atoms. The van der Waals surface area contributed by atoms with Crippen LogP contribution in [0.2, 0.25) is 0 Å². The van der Waals surface area contributed by atoms with E-state index in [0.717, 1.165) is 11.6 Å². The third-order valence-corrected chi connectivity index (χ3v) is 4.52. The van der Waals surface area contributed by atoms with Crippen molar-refractivity contribution in [2.75, 3.05) is 0 Å². The predicted molar refractivity (Wildman–Crippen MR) is 118 cm³/mol. The lowest BCUT2D eigenvalue weighted by atomic mass is 10.1. The van der Waals surface area contributed by atoms with E-state index in [1.807, 2.05) is 0 Å². The summed E-state index contributed by atoms with van der Waals surface area (Å²) in [5, 5.41) is 5.29. The summed E-state index contributed by atoms with van der Waals surface area (Å²) in [5.74, 6) is 0.0486. The Labute approximate surface area is 191 Å². The van der Waals surface area contributed by atoms with Crippen LogP contribution in [0.25, 0.3) is 0 Å². The van der Waals surface area contributed by atoms with E-state index in [-0.39, 0.29) is 24.6 Å². The van der Waals surface area contributed by atoms with Gasteiger partial charge in [-0.1, -0.05) is 37.3 Å². The summed E-state index contributed by atoms with van der Waals surface area (Å²) in [4.78, 5) is 24.3. The summed E-state index contributed by atoms with van der Waals surface area (Å²) in [6.45, 7) is 6.95. The molecule has 0 aliphatic heterocycles. The van der Waals surface area contributed by atoms with Gasteiger partial charge in [-0.05, 0) is 51.0 Å². The first-order valence-corrected chi connectivity index (χ1v) is 10.5. The minimum atomic E-state index is -4.45. The normalized spacial score (nSPS) is 12.6. The number of amides is 2. The average molecular weight is 467 g/mol. The first-order valence-electron chi connectivity index (χ1n) is 10.5. The Balaban J connectivity index is 1.88. The molecule has 9 heteroatoms. The van der Waals surface area contributed by atoms with Crippen molar-refractivity contribution in [2.45, 2.75) is 65.1 Å². The molecule has 0 bridgehead atoms. The Morgan fingerprint density at radius 3 is 2.21 bits per heavy atom. The lowest BCUT2D eigenvalue weighted by Gasteiger charge is -2.22. The number of rotatable bonds is 8. The lowest BCUT2D eigenvalue weighted by molar-refractivity contribution is -0.138. The van der Waals surface area contributed by atoms with Crippen molar-refractivity contribution in [3.8, 4) is 5.75 Å². The average Bonchev–Trinajstić information content (AvgIpc) is 2.73. The summed E-state index contributed by atoms with van der Waals surface area (Å²) in [7, 11) is 0. The monoisotopic (exact) mass is 466 g/mol. The fourth-order valence-corrected chi connectivity index (χ4v) is 2.90. The number of nitrogens with one attached hydrogen (secondary N) is 2. The van der Waals surface area contributed by atoms with Gasteiger partial charge in [-0.15, -0.1) is 0 Å². The van der Waals surface area contributed by atoms with E-state index in [4.69, 9.17) is 9.47 Å². The maximum atomic E-state index is 13.1. The van der Waals surface area contributed by atoms with E-state index in [1.165, 1.54) is 18.2 Å². The van der Waals surface area contributed by atoms with Crippen molar-refractivity contribution in [1.29, 1.82) is 0 Å². The topological polar surface area (TPSA) is 76.7 Å². The number of hydrogen-bond acceptors (Lipinski definition) is 4. The van der Waals surface area contributed by atoms with E-state index in [9.17, 15) is 22.8 Å². The molecule has 1 atom stereocenters. The minimum Gasteiger partial charge on any atom is -0.489 e. The van der Waals surface area contributed by atoms with Gasteiger partial charge >= 0.3 is 12.3 Å². The first kappa shape index (κ1) is 26.0. The van der Waals surface area contributed by atoms with Crippen molar-refractivity contribution in [1.82, 2.24) is 10.6 Å². The van der Waals surface area contributed by atoms with Gasteiger partial charge in [0.25, 0.3) is 0 Å². The zero-order valence-electron chi connectivity index (χ0n) is 19.1. The van der Waals surface area contributed by atoms with Gasteiger partial charge in [0.15, 0.2) is 0 Å². The minimum absolute atomic E-state index is 0.0458. The number of carbonyl (C=O) groups excluding carboxylic acids is 2. The van der Waals surface area contributed by atoms with Crippen LogP contribution in [0, 0.1) is 0 Å². The first-order chi connectivity index (χ1) is 15.4. The van der Waals surface area contributed by atoms with Crippen molar-refractivity contribution < 1.29 is 32.2 Å². The molecule has 2 amide bonds. The highest BCUT2D eigenvalue weighted by atomic mass is 19.4. The molecule has 0 aromatic heterocycles. The van der Waals surface area contributed by atoms with Crippen LogP contribution in [-0.4, -0.2) is 23.6 Å². The van der Waals surface area contributed by atoms with Crippen LogP contribution >= 0.6 is 0 Å². The van der Waals surface area contributed by atoms with Crippen molar-refractivity contribution in [3.63, 3.8) is 0 Å². The van der Waals surface area contributed by atoms with Crippen LogP contribution in [0.3, 0.4) is 0 Å². The Kier molecular flexibility index (Phi) is 8.73. The molecule has 2 rings (SSSR count). The Morgan fingerprint density at radius 2 is 1.64 bits per heavy atom. The van der Waals surface area contributed by atoms with Gasteiger partial charge in [0.2, 0.25) is 5.91 Å². The summed E-state index contributed by atoms with van der Waals surface area (Å²) >= 11 is 0. The van der Waals surface area contributed by atoms with E-state index in [0.29, 0.717) is 12.2 Å². The number of carbonyl (C=O) groups is 2. The van der Waals surface area contributed by atoms with E-state index in [2.05, 4.69) is 10.6 Å². The summed E-state index contributed by atoms with van der Waals surface area (Å²) in [5.41, 5.74) is -0.588. The second-order valence-corrected chi connectivity index (χ2v) is 8.41. The number of hydrogen-bond donors (Lipinski definition) is 2. The maximum absolute atomic E-state index is 13.1. The standard InChI is InChI=1S/C24H29F3N2O4/c1-5-20(29-22(31)33-23(2,3)4)21(30)28-14-16-10-12-18(13-11-16)32-15-17-8-6-7-9-19(17)24(25,26)27/h6-13,20H,5,14-15H2,1-4H3,(H,28,30)(H,29,31)/t20-/m0/s1. The molecule has 6 nitrogen and oxygen atoms in total. The molecule has 0 unspecified atom stereocenters. The van der Waals surface area contributed by atoms with Crippen LogP contribution in [0.15, 0.2) is 48.5 Å². The smallest absolute Gasteiger partial charge is 0.416 e. The SMILES string of the molecule is CC[C@H](NC(=O)OC(C)(C)C)C(=O)NCc1ccc(OCc2ccccc2C(F)(F)F)cc1. The second kappa shape index (κ2) is 11.1. The lowest BCUT2D eigenvalue weighted by Crippen LogP contribution is -2.47. The predicted octanol–water partition coefficient (Wildman–Crippen LogP) is 5.20. The Hall–Kier alpha value is -3.23. The van der Waals surface area contributed by atoms with Crippen molar-refractivity contribution in [3.05, 3.63) is 65.2 Å². The van der Waals surface area contributed by atoms with Gasteiger partial charge in [0.1, 0.15) is 24.0 Å². The van der Waals surface area contributed by atoms with E-state index < -0.39 is 29.5 Å². The van der Waals surface area contributed by atoms with Gasteiger partial charge < -0.3 is 20.1 Å². The summed E-state index contributed by atoms with van der Waals surface area (Å²) < 4.78 is 49.9. The molecule has 2 aromatic carbocycles. The van der Waals surface area contributed by atoms with Crippen LogP contribution in [0.4, 0.5) is 18.0 Å². The fourth-order valence-electron chi connectivity index (χ4n) is 2.90. The van der Waals surface area contributed by atoms with Crippen LogP contribution in [-0.2, 0) is 28.9 Å². The molecule has 0 fully saturated rings. The van der Waals surface area contributed by atoms with Gasteiger partial charge in [0.05, 0.1) is 5.56 Å². The molecule has 0 saturated carbocycles. The highest BCUT2D eigenvalue weighted by Gasteiger charge is 2.33. The number of halogens is 3. The number of ether oxygens (including phenoxy) is 2. The molecule has 0 heterocycles. The zero-order chi connectivity index (χ0) is 24.6. The Morgan fingerprint density at radius 1 is 1.00 bits per heavy atom. The molecule has 2 N–H and O–H groups in total. The van der Waals surface area contributed by atoms with Gasteiger partial charge in [-0.25, -0.2) is 4.79 Å². The number of alkyl carbamates (subject to hydrolysis) is 1. The molecule has 0 saturated heterocycles. The van der Waals surface area contributed by atoms with E-state index >= 15 is 0 Å². The van der Waals surface area contributed by atoms with Gasteiger partial charge in [0, 0.05) is 12.1 Å². The van der Waals surface area contributed by atoms with Crippen molar-refractivity contribution >= 4 is 12.0 Å². The summed E-state index contributed by atoms with van der Waals surface area (Å²) in [6.07, 6.45) is -4.73. The fraction of sp³-hybridized carbons (Fsp3) is 0.417. The number of benzene rings is 2. The largest absolute Gasteiger partial charge is 0.489 e. The van der Waals surface area contributed by atoms with Gasteiger partial charge in [-0.2, -0.15) is 13.2 Å².